The van der Waals surface area contributed by atoms with Crippen molar-refractivity contribution >= 4 is 27.4 Å². The highest BCUT2D eigenvalue weighted by Crippen LogP contribution is 2.28. The number of anilines is 2. The van der Waals surface area contributed by atoms with E-state index in [-0.39, 0.29) is 0 Å². The molecular weight excluding hydrogens is 316 g/mol. The fourth-order valence-electron chi connectivity index (χ4n) is 2.55. The maximum absolute atomic E-state index is 4.52. The number of benzene rings is 1. The van der Waals surface area contributed by atoms with E-state index in [2.05, 4.69) is 68.6 Å². The van der Waals surface area contributed by atoms with E-state index in [9.17, 15) is 0 Å². The predicted molar refractivity (Wildman–Crippen MR) is 84.3 cm³/mol. The summed E-state index contributed by atoms with van der Waals surface area (Å²) in [4.78, 5) is 9.00. The Morgan fingerprint density at radius 2 is 1.95 bits per heavy atom. The summed E-state index contributed by atoms with van der Waals surface area (Å²) in [5.74, 6) is 0.895. The van der Waals surface area contributed by atoms with Crippen LogP contribution in [0, 0.1) is 13.8 Å². The molecule has 1 aromatic heterocycles. The van der Waals surface area contributed by atoms with Crippen molar-refractivity contribution in [2.24, 2.45) is 0 Å². The Bertz CT molecular complexity index is 634. The summed E-state index contributed by atoms with van der Waals surface area (Å²) in [7, 11) is 0. The van der Waals surface area contributed by atoms with Crippen LogP contribution < -0.4 is 10.6 Å². The Morgan fingerprint density at radius 3 is 2.70 bits per heavy atom. The molecule has 3 rings (SSSR count). The summed E-state index contributed by atoms with van der Waals surface area (Å²) in [6.07, 6.45) is 0.942. The van der Waals surface area contributed by atoms with E-state index in [0.717, 1.165) is 36.7 Å². The summed E-state index contributed by atoms with van der Waals surface area (Å²) in [6.45, 7) is 6.00. The zero-order valence-corrected chi connectivity index (χ0v) is 13.2. The van der Waals surface area contributed by atoms with Crippen molar-refractivity contribution in [1.82, 2.24) is 15.3 Å². The third kappa shape index (κ3) is 2.55. The van der Waals surface area contributed by atoms with Gasteiger partial charge in [0.2, 0.25) is 0 Å². The average molecular weight is 333 g/mol. The molecule has 0 amide bonds. The molecule has 2 N–H and O–H groups in total. The summed E-state index contributed by atoms with van der Waals surface area (Å²) >= 11 is 3.41. The molecule has 0 saturated carbocycles. The number of fused-ring (bicyclic) bond motifs is 1. The number of aryl methyl sites for hydroxylation is 2. The molecule has 0 aliphatic carbocycles. The van der Waals surface area contributed by atoms with Crippen LogP contribution in [-0.4, -0.2) is 16.5 Å². The maximum atomic E-state index is 4.52. The van der Waals surface area contributed by atoms with Crippen LogP contribution in [0.1, 0.15) is 22.4 Å². The minimum Gasteiger partial charge on any atom is -0.339 e. The van der Waals surface area contributed by atoms with Gasteiger partial charge in [-0.3, -0.25) is 0 Å². The molecule has 0 radical (unpaired) electrons. The van der Waals surface area contributed by atoms with Crippen molar-refractivity contribution in [3.8, 4) is 0 Å². The largest absolute Gasteiger partial charge is 0.339 e. The van der Waals surface area contributed by atoms with Gasteiger partial charge in [-0.25, -0.2) is 9.97 Å². The number of nitrogens with zero attached hydrogens (tertiary/aromatic N) is 2. The second-order valence-electron chi connectivity index (χ2n) is 5.09. The first kappa shape index (κ1) is 13.5. The van der Waals surface area contributed by atoms with Crippen LogP contribution >= 0.6 is 15.9 Å². The second kappa shape index (κ2) is 5.50. The summed E-state index contributed by atoms with van der Waals surface area (Å²) in [6, 6.07) is 6.29. The van der Waals surface area contributed by atoms with Crippen LogP contribution in [0.25, 0.3) is 0 Å². The number of hydrogen-bond donors (Lipinski definition) is 2. The van der Waals surface area contributed by atoms with Crippen molar-refractivity contribution in [3.05, 3.63) is 45.3 Å². The third-order valence-corrected chi connectivity index (χ3v) is 3.98. The molecule has 0 unspecified atom stereocenters. The number of aromatic nitrogens is 2. The SMILES string of the molecule is Cc1cccc(C)c1Nc1nc(Br)nc2c1CNCC2. The number of halogens is 1. The lowest BCUT2D eigenvalue weighted by Gasteiger charge is -2.21. The van der Waals surface area contributed by atoms with Crippen molar-refractivity contribution in [3.63, 3.8) is 0 Å². The lowest BCUT2D eigenvalue weighted by Crippen LogP contribution is -2.26. The topological polar surface area (TPSA) is 49.8 Å². The molecule has 0 fully saturated rings. The van der Waals surface area contributed by atoms with Crippen LogP contribution in [0.3, 0.4) is 0 Å². The molecule has 1 aromatic carbocycles. The molecule has 20 heavy (non-hydrogen) atoms. The van der Waals surface area contributed by atoms with E-state index in [0.29, 0.717) is 4.73 Å². The first-order valence-electron chi connectivity index (χ1n) is 6.74. The van der Waals surface area contributed by atoms with Gasteiger partial charge in [-0.15, -0.1) is 0 Å². The van der Waals surface area contributed by atoms with Gasteiger partial charge in [0, 0.05) is 30.8 Å². The van der Waals surface area contributed by atoms with Crippen LogP contribution in [0.2, 0.25) is 0 Å². The van der Waals surface area contributed by atoms with Crippen LogP contribution in [-0.2, 0) is 13.0 Å². The maximum Gasteiger partial charge on any atom is 0.198 e. The lowest BCUT2D eigenvalue weighted by atomic mass is 10.1. The first-order valence-corrected chi connectivity index (χ1v) is 7.53. The van der Waals surface area contributed by atoms with Gasteiger partial charge in [0.1, 0.15) is 5.82 Å². The zero-order chi connectivity index (χ0) is 14.1. The van der Waals surface area contributed by atoms with Crippen molar-refractivity contribution < 1.29 is 0 Å². The summed E-state index contributed by atoms with van der Waals surface area (Å²) < 4.78 is 0.645. The third-order valence-electron chi connectivity index (χ3n) is 3.63. The molecule has 2 aromatic rings. The van der Waals surface area contributed by atoms with Crippen LogP contribution in [0.5, 0.6) is 0 Å². The molecule has 0 saturated heterocycles. The number of rotatable bonds is 2. The fraction of sp³-hybridized carbons (Fsp3) is 0.333. The van der Waals surface area contributed by atoms with Gasteiger partial charge in [0.25, 0.3) is 0 Å². The monoisotopic (exact) mass is 332 g/mol. The van der Waals surface area contributed by atoms with Gasteiger partial charge < -0.3 is 10.6 Å². The van der Waals surface area contributed by atoms with Gasteiger partial charge in [0.15, 0.2) is 4.73 Å². The van der Waals surface area contributed by atoms with Gasteiger partial charge in [-0.2, -0.15) is 0 Å². The fourth-order valence-corrected chi connectivity index (χ4v) is 2.94. The van der Waals surface area contributed by atoms with Crippen molar-refractivity contribution in [2.45, 2.75) is 26.8 Å². The van der Waals surface area contributed by atoms with Gasteiger partial charge in [-0.05, 0) is 40.9 Å². The quantitative estimate of drug-likeness (QED) is 0.829. The highest BCUT2D eigenvalue weighted by Gasteiger charge is 2.17. The molecule has 1 aliphatic rings. The molecular formula is C15H17BrN4. The Hall–Kier alpha value is -1.46. The molecule has 1 aliphatic heterocycles. The molecule has 4 nitrogen and oxygen atoms in total. The molecule has 5 heteroatoms. The molecule has 0 bridgehead atoms. The zero-order valence-electron chi connectivity index (χ0n) is 11.6. The number of hydrogen-bond acceptors (Lipinski definition) is 4. The Balaban J connectivity index is 2.04. The van der Waals surface area contributed by atoms with Gasteiger partial charge in [0.05, 0.1) is 5.69 Å². The average Bonchev–Trinajstić information content (AvgIpc) is 2.42. The molecule has 104 valence electrons. The normalized spacial score (nSPS) is 13.9. The minimum atomic E-state index is 0.645. The van der Waals surface area contributed by atoms with Crippen molar-refractivity contribution in [2.75, 3.05) is 11.9 Å². The highest BCUT2D eigenvalue weighted by atomic mass is 79.9. The lowest BCUT2D eigenvalue weighted by molar-refractivity contribution is 0.626. The smallest absolute Gasteiger partial charge is 0.198 e. The molecule has 2 heterocycles. The second-order valence-corrected chi connectivity index (χ2v) is 5.79. The minimum absolute atomic E-state index is 0.645. The highest BCUT2D eigenvalue weighted by molar-refractivity contribution is 9.10. The van der Waals surface area contributed by atoms with Crippen LogP contribution in [0.15, 0.2) is 22.9 Å². The Morgan fingerprint density at radius 1 is 1.20 bits per heavy atom. The molecule has 0 spiro atoms. The van der Waals surface area contributed by atoms with E-state index < -0.39 is 0 Å². The Kier molecular flexibility index (Phi) is 3.72. The van der Waals surface area contributed by atoms with Gasteiger partial charge in [-0.1, -0.05) is 18.2 Å². The summed E-state index contributed by atoms with van der Waals surface area (Å²) in [5, 5.41) is 6.87. The molecule has 0 atom stereocenters. The number of para-hydroxylation sites is 1. The van der Waals surface area contributed by atoms with E-state index in [1.807, 2.05) is 0 Å². The van der Waals surface area contributed by atoms with Crippen molar-refractivity contribution in [1.29, 1.82) is 0 Å². The first-order chi connectivity index (χ1) is 9.65. The predicted octanol–water partition coefficient (Wildman–Crippen LogP) is 3.25. The van der Waals surface area contributed by atoms with Gasteiger partial charge >= 0.3 is 0 Å². The van der Waals surface area contributed by atoms with E-state index in [1.165, 1.54) is 16.7 Å². The Labute approximate surface area is 127 Å². The standard InChI is InChI=1S/C15H17BrN4/c1-9-4-3-5-10(2)13(9)19-14-11-8-17-7-6-12(11)18-15(16)20-14/h3-5,17H,6-8H2,1-2H3,(H,18,19,20). The van der Waals surface area contributed by atoms with E-state index in [1.54, 1.807) is 0 Å². The van der Waals surface area contributed by atoms with E-state index in [4.69, 9.17) is 0 Å². The summed E-state index contributed by atoms with van der Waals surface area (Å²) in [5.41, 5.74) is 5.86. The van der Waals surface area contributed by atoms with E-state index >= 15 is 0 Å². The van der Waals surface area contributed by atoms with Crippen LogP contribution in [0.4, 0.5) is 11.5 Å². The number of nitrogens with one attached hydrogen (secondary N) is 2.